The molecule has 3 heterocycles. The van der Waals surface area contributed by atoms with E-state index in [1.54, 1.807) is 6.33 Å². The molecule has 0 aliphatic carbocycles. The van der Waals surface area contributed by atoms with Crippen molar-refractivity contribution in [2.75, 3.05) is 31.1 Å². The van der Waals surface area contributed by atoms with Gasteiger partial charge in [0.2, 0.25) is 0 Å². The minimum absolute atomic E-state index is 0.0483. The van der Waals surface area contributed by atoms with Gasteiger partial charge in [-0.1, -0.05) is 37.3 Å². The Morgan fingerprint density at radius 2 is 1.71 bits per heavy atom. The minimum atomic E-state index is 0.0483. The monoisotopic (exact) mass is 378 g/mol. The van der Waals surface area contributed by atoms with Crippen LogP contribution in [0.25, 0.3) is 0 Å². The van der Waals surface area contributed by atoms with Crippen LogP contribution in [0.2, 0.25) is 0 Å². The average Bonchev–Trinajstić information content (AvgIpc) is 2.75. The molecular weight excluding hydrogens is 348 g/mol. The third kappa shape index (κ3) is 4.51. The number of anilines is 1. The zero-order valence-corrected chi connectivity index (χ0v) is 16.8. The first-order valence-corrected chi connectivity index (χ1v) is 10.6. The zero-order chi connectivity index (χ0) is 19.3. The van der Waals surface area contributed by atoms with Crippen LogP contribution in [-0.4, -0.2) is 47.0 Å². The van der Waals surface area contributed by atoms with Crippen molar-refractivity contribution in [3.8, 4) is 0 Å². The number of carbonyl (C=O) groups excluding carboxylic acids is 1. The predicted molar refractivity (Wildman–Crippen MR) is 111 cm³/mol. The van der Waals surface area contributed by atoms with E-state index in [1.807, 2.05) is 11.0 Å². The first kappa shape index (κ1) is 18.9. The number of hydrogen-bond acceptors (Lipinski definition) is 4. The molecule has 4 rings (SSSR count). The van der Waals surface area contributed by atoms with Gasteiger partial charge in [-0.2, -0.15) is 0 Å². The third-order valence-corrected chi connectivity index (χ3v) is 6.25. The van der Waals surface area contributed by atoms with Crippen LogP contribution in [0.3, 0.4) is 0 Å². The lowest BCUT2D eigenvalue weighted by atomic mass is 9.90. The van der Waals surface area contributed by atoms with Crippen LogP contribution in [0.15, 0.2) is 42.7 Å². The van der Waals surface area contributed by atoms with E-state index in [9.17, 15) is 4.79 Å². The summed E-state index contributed by atoms with van der Waals surface area (Å²) in [5.41, 5.74) is 1.92. The van der Waals surface area contributed by atoms with Crippen molar-refractivity contribution in [1.29, 1.82) is 0 Å². The van der Waals surface area contributed by atoms with Crippen molar-refractivity contribution in [1.82, 2.24) is 14.9 Å². The summed E-state index contributed by atoms with van der Waals surface area (Å²) < 4.78 is 0. The fraction of sp³-hybridized carbons (Fsp3) is 0.522. The number of amides is 1. The topological polar surface area (TPSA) is 49.3 Å². The van der Waals surface area contributed by atoms with E-state index in [0.29, 0.717) is 11.6 Å². The zero-order valence-electron chi connectivity index (χ0n) is 16.8. The van der Waals surface area contributed by atoms with Gasteiger partial charge in [-0.15, -0.1) is 0 Å². The van der Waals surface area contributed by atoms with Crippen molar-refractivity contribution >= 4 is 11.7 Å². The van der Waals surface area contributed by atoms with Crippen LogP contribution in [0.1, 0.15) is 48.7 Å². The molecule has 2 aromatic rings. The maximum Gasteiger partial charge on any atom is 0.272 e. The summed E-state index contributed by atoms with van der Waals surface area (Å²) in [6.45, 7) is 5.95. The summed E-state index contributed by atoms with van der Waals surface area (Å²) in [5.74, 6) is 2.37. The molecule has 0 atom stereocenters. The van der Waals surface area contributed by atoms with Gasteiger partial charge < -0.3 is 9.80 Å². The first-order chi connectivity index (χ1) is 13.7. The number of carbonyl (C=O) groups is 1. The smallest absolute Gasteiger partial charge is 0.272 e. The predicted octanol–water partition coefficient (Wildman–Crippen LogP) is 3.81. The Balaban J connectivity index is 1.34. The normalized spacial score (nSPS) is 19.0. The van der Waals surface area contributed by atoms with E-state index in [0.717, 1.165) is 57.2 Å². The summed E-state index contributed by atoms with van der Waals surface area (Å²) >= 11 is 0. The van der Waals surface area contributed by atoms with E-state index in [4.69, 9.17) is 0 Å². The second-order valence-electron chi connectivity index (χ2n) is 8.36. The van der Waals surface area contributed by atoms with Crippen LogP contribution in [-0.2, 0) is 6.42 Å². The van der Waals surface area contributed by atoms with E-state index < -0.39 is 0 Å². The summed E-state index contributed by atoms with van der Waals surface area (Å²) in [5, 5.41) is 0. The first-order valence-electron chi connectivity index (χ1n) is 10.6. The summed E-state index contributed by atoms with van der Waals surface area (Å²) in [6, 6.07) is 12.5. The van der Waals surface area contributed by atoms with Crippen molar-refractivity contribution in [2.24, 2.45) is 11.8 Å². The number of piperidine rings is 2. The number of likely N-dealkylation sites (tertiary alicyclic amines) is 1. The molecule has 2 aliphatic heterocycles. The molecular formula is C23H30N4O. The van der Waals surface area contributed by atoms with Crippen LogP contribution >= 0.6 is 0 Å². The number of aromatic nitrogens is 2. The highest BCUT2D eigenvalue weighted by Gasteiger charge is 2.25. The van der Waals surface area contributed by atoms with Crippen molar-refractivity contribution in [3.63, 3.8) is 0 Å². The molecule has 0 saturated carbocycles. The molecule has 5 heteroatoms. The minimum Gasteiger partial charge on any atom is -0.356 e. The molecule has 0 spiro atoms. The van der Waals surface area contributed by atoms with Gasteiger partial charge in [-0.25, -0.2) is 9.97 Å². The van der Waals surface area contributed by atoms with Crippen molar-refractivity contribution in [2.45, 2.75) is 39.0 Å². The lowest BCUT2D eigenvalue weighted by Gasteiger charge is -2.33. The van der Waals surface area contributed by atoms with Crippen LogP contribution < -0.4 is 4.90 Å². The Hall–Kier alpha value is -2.43. The summed E-state index contributed by atoms with van der Waals surface area (Å²) in [7, 11) is 0. The average molecular weight is 379 g/mol. The number of benzene rings is 1. The van der Waals surface area contributed by atoms with Gasteiger partial charge in [0.1, 0.15) is 17.8 Å². The van der Waals surface area contributed by atoms with Crippen LogP contribution in [0.4, 0.5) is 5.82 Å². The maximum atomic E-state index is 13.0. The molecule has 0 radical (unpaired) electrons. The highest BCUT2D eigenvalue weighted by atomic mass is 16.2. The second-order valence-corrected chi connectivity index (χ2v) is 8.36. The molecule has 1 aromatic carbocycles. The van der Waals surface area contributed by atoms with E-state index in [2.05, 4.69) is 52.1 Å². The van der Waals surface area contributed by atoms with Gasteiger partial charge >= 0.3 is 0 Å². The lowest BCUT2D eigenvalue weighted by Crippen LogP contribution is -2.39. The summed E-state index contributed by atoms with van der Waals surface area (Å²) in [6.07, 6.45) is 7.13. The molecule has 2 fully saturated rings. The van der Waals surface area contributed by atoms with Crippen molar-refractivity contribution < 1.29 is 4.79 Å². The van der Waals surface area contributed by atoms with E-state index >= 15 is 0 Å². The molecule has 28 heavy (non-hydrogen) atoms. The fourth-order valence-electron chi connectivity index (χ4n) is 4.32. The van der Waals surface area contributed by atoms with Gasteiger partial charge in [0.15, 0.2) is 0 Å². The molecule has 5 nitrogen and oxygen atoms in total. The molecule has 0 unspecified atom stereocenters. The van der Waals surface area contributed by atoms with Gasteiger partial charge in [-0.3, -0.25) is 4.79 Å². The molecule has 1 amide bonds. The molecule has 148 valence electrons. The summed E-state index contributed by atoms with van der Waals surface area (Å²) in [4.78, 5) is 25.9. The standard InChI is InChI=1S/C23H30N4O/c1-18-7-11-26(12-8-18)22-16-21(24-17-25-22)23(28)27-13-9-20(10-14-27)15-19-5-3-2-4-6-19/h2-6,16-18,20H,7-15H2,1H3. The molecule has 0 N–H and O–H groups in total. The molecule has 2 saturated heterocycles. The van der Waals surface area contributed by atoms with Crippen LogP contribution in [0.5, 0.6) is 0 Å². The number of rotatable bonds is 4. The van der Waals surface area contributed by atoms with Gasteiger partial charge in [0.25, 0.3) is 5.91 Å². The Bertz CT molecular complexity index is 778. The third-order valence-electron chi connectivity index (χ3n) is 6.25. The highest BCUT2D eigenvalue weighted by molar-refractivity contribution is 5.93. The number of nitrogens with zero attached hydrogens (tertiary/aromatic N) is 4. The van der Waals surface area contributed by atoms with Gasteiger partial charge in [0, 0.05) is 32.2 Å². The fourth-order valence-corrected chi connectivity index (χ4v) is 4.32. The highest BCUT2D eigenvalue weighted by Crippen LogP contribution is 2.24. The molecule has 0 bridgehead atoms. The largest absolute Gasteiger partial charge is 0.356 e. The Morgan fingerprint density at radius 3 is 2.43 bits per heavy atom. The van der Waals surface area contributed by atoms with Gasteiger partial charge in [-0.05, 0) is 49.5 Å². The van der Waals surface area contributed by atoms with E-state index in [-0.39, 0.29) is 5.91 Å². The number of hydrogen-bond donors (Lipinski definition) is 0. The second kappa shape index (κ2) is 8.72. The van der Waals surface area contributed by atoms with Crippen LogP contribution in [0, 0.1) is 11.8 Å². The molecule has 1 aromatic heterocycles. The quantitative estimate of drug-likeness (QED) is 0.812. The Labute approximate surface area is 167 Å². The lowest BCUT2D eigenvalue weighted by molar-refractivity contribution is 0.0684. The maximum absolute atomic E-state index is 13.0. The van der Waals surface area contributed by atoms with Crippen molar-refractivity contribution in [3.05, 3.63) is 54.0 Å². The van der Waals surface area contributed by atoms with E-state index in [1.165, 1.54) is 18.4 Å². The Morgan fingerprint density at radius 1 is 1.00 bits per heavy atom. The van der Waals surface area contributed by atoms with Gasteiger partial charge in [0.05, 0.1) is 0 Å². The molecule has 2 aliphatic rings. The Kier molecular flexibility index (Phi) is 5.89. The SMILES string of the molecule is CC1CCN(c2cc(C(=O)N3CCC(Cc4ccccc4)CC3)ncn2)CC1.